The van der Waals surface area contributed by atoms with Gasteiger partial charge in [0, 0.05) is 25.0 Å². The first-order chi connectivity index (χ1) is 11.3. The van der Waals surface area contributed by atoms with Crippen LogP contribution in [0.5, 0.6) is 0 Å². The minimum Gasteiger partial charge on any atom is -0.325 e. The minimum absolute atomic E-state index is 0.0787. The molecular formula is C17H26N2O3S2. The molecule has 1 fully saturated rings. The average molecular weight is 371 g/mol. The first kappa shape index (κ1) is 19.3. The molecule has 0 aromatic heterocycles. The molecule has 1 amide bonds. The molecule has 1 aromatic rings. The Bertz CT molecular complexity index is 668. The summed E-state index contributed by atoms with van der Waals surface area (Å²) in [6.45, 7) is 1.91. The van der Waals surface area contributed by atoms with Crippen LogP contribution in [0.2, 0.25) is 0 Å². The van der Waals surface area contributed by atoms with Crippen molar-refractivity contribution in [3.8, 4) is 0 Å². The van der Waals surface area contributed by atoms with Gasteiger partial charge in [0.05, 0.1) is 10.1 Å². The lowest BCUT2D eigenvalue weighted by atomic mass is 10.0. The van der Waals surface area contributed by atoms with E-state index in [1.54, 1.807) is 23.9 Å². The van der Waals surface area contributed by atoms with Gasteiger partial charge in [-0.3, -0.25) is 4.79 Å². The summed E-state index contributed by atoms with van der Waals surface area (Å²) < 4.78 is 25.5. The highest BCUT2D eigenvalue weighted by atomic mass is 32.2. The molecule has 0 saturated heterocycles. The maximum absolute atomic E-state index is 12.4. The van der Waals surface area contributed by atoms with Crippen LogP contribution in [-0.2, 0) is 14.8 Å². The van der Waals surface area contributed by atoms with Crippen LogP contribution in [0, 0.1) is 0 Å². The van der Waals surface area contributed by atoms with E-state index in [9.17, 15) is 13.2 Å². The second-order valence-electron chi connectivity index (χ2n) is 6.34. The maximum Gasteiger partial charge on any atom is 0.242 e. The molecule has 1 aromatic carbocycles. The molecule has 0 bridgehead atoms. The second-order valence-corrected chi connectivity index (χ2v) is 10.1. The summed E-state index contributed by atoms with van der Waals surface area (Å²) >= 11 is 1.72. The third-order valence-electron chi connectivity index (χ3n) is 4.20. The number of sulfonamides is 1. The van der Waals surface area contributed by atoms with Gasteiger partial charge in [-0.25, -0.2) is 12.7 Å². The number of benzene rings is 1. The third-order valence-corrected chi connectivity index (χ3v) is 7.49. The topological polar surface area (TPSA) is 66.5 Å². The lowest BCUT2D eigenvalue weighted by Gasteiger charge is -2.24. The van der Waals surface area contributed by atoms with Crippen LogP contribution in [-0.4, -0.2) is 43.2 Å². The monoisotopic (exact) mass is 370 g/mol. The highest BCUT2D eigenvalue weighted by molar-refractivity contribution is 8.01. The molecule has 1 aliphatic rings. The summed E-state index contributed by atoms with van der Waals surface area (Å²) in [6.07, 6.45) is 6.15. The van der Waals surface area contributed by atoms with E-state index in [1.165, 1.54) is 58.3 Å². The third kappa shape index (κ3) is 4.97. The van der Waals surface area contributed by atoms with E-state index in [2.05, 4.69) is 5.32 Å². The minimum atomic E-state index is -3.50. The lowest BCUT2D eigenvalue weighted by molar-refractivity contribution is -0.115. The maximum atomic E-state index is 12.4. The zero-order valence-corrected chi connectivity index (χ0v) is 16.1. The fourth-order valence-electron chi connectivity index (χ4n) is 2.74. The number of hydrogen-bond donors (Lipinski definition) is 1. The number of carbonyl (C=O) groups excluding carboxylic acids is 1. The average Bonchev–Trinajstić information content (AvgIpc) is 2.55. The van der Waals surface area contributed by atoms with Gasteiger partial charge in [-0.2, -0.15) is 0 Å². The molecule has 1 N–H and O–H groups in total. The molecule has 0 aliphatic heterocycles. The fraction of sp³-hybridized carbons (Fsp3) is 0.588. The summed E-state index contributed by atoms with van der Waals surface area (Å²) in [7, 11) is -0.522. The van der Waals surface area contributed by atoms with Crippen molar-refractivity contribution in [2.75, 3.05) is 19.4 Å². The van der Waals surface area contributed by atoms with Crippen molar-refractivity contribution < 1.29 is 13.2 Å². The van der Waals surface area contributed by atoms with Crippen molar-refractivity contribution >= 4 is 33.4 Å². The van der Waals surface area contributed by atoms with Crippen LogP contribution < -0.4 is 5.32 Å². The van der Waals surface area contributed by atoms with E-state index >= 15 is 0 Å². The van der Waals surface area contributed by atoms with Crippen molar-refractivity contribution in [2.45, 2.75) is 54.4 Å². The number of anilines is 1. The van der Waals surface area contributed by atoms with Crippen LogP contribution in [0.15, 0.2) is 29.2 Å². The molecule has 0 spiro atoms. The van der Waals surface area contributed by atoms with Crippen molar-refractivity contribution in [3.05, 3.63) is 24.3 Å². The van der Waals surface area contributed by atoms with Gasteiger partial charge in [0.2, 0.25) is 15.9 Å². The Hall–Kier alpha value is -1.05. The number of amides is 1. The first-order valence-corrected chi connectivity index (χ1v) is 10.7. The van der Waals surface area contributed by atoms with E-state index in [-0.39, 0.29) is 16.1 Å². The predicted octanol–water partition coefficient (Wildman–Crippen LogP) is 3.33. The highest BCUT2D eigenvalue weighted by Gasteiger charge is 2.22. The standard InChI is InChI=1S/C17H26N2O3S2/c1-13(23-15-9-5-4-6-10-15)17(20)18-14-8-7-11-16(12-14)24(21,22)19(2)3/h7-8,11-13,15H,4-6,9-10H2,1-3H3,(H,18,20)/t13-/m0/s1. The number of nitrogens with zero attached hydrogens (tertiary/aromatic N) is 1. The Morgan fingerprint density at radius 2 is 1.92 bits per heavy atom. The van der Waals surface area contributed by atoms with E-state index in [4.69, 9.17) is 0 Å². The number of carbonyl (C=O) groups is 1. The van der Waals surface area contributed by atoms with Gasteiger partial charge >= 0.3 is 0 Å². The van der Waals surface area contributed by atoms with E-state index < -0.39 is 10.0 Å². The molecule has 0 heterocycles. The Morgan fingerprint density at radius 1 is 1.25 bits per heavy atom. The normalized spacial score (nSPS) is 17.7. The molecule has 0 unspecified atom stereocenters. The smallest absolute Gasteiger partial charge is 0.242 e. The quantitative estimate of drug-likeness (QED) is 0.834. The zero-order chi connectivity index (χ0) is 17.7. The van der Waals surface area contributed by atoms with Crippen LogP contribution in [0.4, 0.5) is 5.69 Å². The van der Waals surface area contributed by atoms with Crippen molar-refractivity contribution in [1.29, 1.82) is 0 Å². The summed E-state index contributed by atoms with van der Waals surface area (Å²) in [4.78, 5) is 12.6. The second kappa shape index (κ2) is 8.36. The zero-order valence-electron chi connectivity index (χ0n) is 14.5. The Balaban J connectivity index is 2.01. The van der Waals surface area contributed by atoms with Crippen molar-refractivity contribution in [1.82, 2.24) is 4.31 Å². The largest absolute Gasteiger partial charge is 0.325 e. The number of hydrogen-bond acceptors (Lipinski definition) is 4. The van der Waals surface area contributed by atoms with Crippen LogP contribution in [0.25, 0.3) is 0 Å². The molecular weight excluding hydrogens is 344 g/mol. The molecule has 134 valence electrons. The lowest BCUT2D eigenvalue weighted by Crippen LogP contribution is -2.26. The SMILES string of the molecule is C[C@H](SC1CCCCC1)C(=O)Nc1cccc(S(=O)(=O)N(C)C)c1. The highest BCUT2D eigenvalue weighted by Crippen LogP contribution is 2.31. The van der Waals surface area contributed by atoms with Crippen molar-refractivity contribution in [2.24, 2.45) is 0 Å². The van der Waals surface area contributed by atoms with Gasteiger partial charge in [0.25, 0.3) is 0 Å². The summed E-state index contributed by atoms with van der Waals surface area (Å²) in [6, 6.07) is 6.39. The molecule has 2 rings (SSSR count). The molecule has 1 saturated carbocycles. The van der Waals surface area contributed by atoms with E-state index in [0.717, 1.165) is 4.31 Å². The molecule has 24 heavy (non-hydrogen) atoms. The van der Waals surface area contributed by atoms with Gasteiger partial charge in [-0.15, -0.1) is 11.8 Å². The summed E-state index contributed by atoms with van der Waals surface area (Å²) in [5.74, 6) is -0.0787. The summed E-state index contributed by atoms with van der Waals surface area (Å²) in [5, 5.41) is 3.24. The first-order valence-electron chi connectivity index (χ1n) is 8.29. The van der Waals surface area contributed by atoms with Crippen LogP contribution >= 0.6 is 11.8 Å². The molecule has 7 heteroatoms. The number of nitrogens with one attached hydrogen (secondary N) is 1. The number of thioether (sulfide) groups is 1. The number of rotatable bonds is 6. The fourth-order valence-corrected chi connectivity index (χ4v) is 5.05. The molecule has 5 nitrogen and oxygen atoms in total. The Labute approximate surface area is 149 Å². The van der Waals surface area contributed by atoms with Gasteiger partial charge in [-0.1, -0.05) is 25.3 Å². The van der Waals surface area contributed by atoms with Crippen molar-refractivity contribution in [3.63, 3.8) is 0 Å². The van der Waals surface area contributed by atoms with E-state index in [0.29, 0.717) is 10.9 Å². The van der Waals surface area contributed by atoms with Gasteiger partial charge < -0.3 is 5.32 Å². The van der Waals surface area contributed by atoms with Crippen LogP contribution in [0.1, 0.15) is 39.0 Å². The van der Waals surface area contributed by atoms with Gasteiger partial charge in [-0.05, 0) is 38.0 Å². The molecule has 1 aliphatic carbocycles. The molecule has 1 atom stereocenters. The van der Waals surface area contributed by atoms with Gasteiger partial charge in [0.15, 0.2) is 0 Å². The van der Waals surface area contributed by atoms with Gasteiger partial charge in [0.1, 0.15) is 0 Å². The Kier molecular flexibility index (Phi) is 6.71. The molecule has 0 radical (unpaired) electrons. The summed E-state index contributed by atoms with van der Waals surface area (Å²) in [5.41, 5.74) is 0.513. The van der Waals surface area contributed by atoms with Crippen LogP contribution in [0.3, 0.4) is 0 Å². The Morgan fingerprint density at radius 3 is 2.54 bits per heavy atom. The van der Waals surface area contributed by atoms with E-state index in [1.807, 2.05) is 6.92 Å². The predicted molar refractivity (Wildman–Crippen MR) is 99.9 cm³/mol.